The Morgan fingerprint density at radius 2 is 1.60 bits per heavy atom. The number of hydrogen-bond acceptors (Lipinski definition) is 1. The molecule has 0 aliphatic rings. The van der Waals surface area contributed by atoms with Crippen LogP contribution in [0.15, 0.2) is 30.3 Å². The maximum atomic E-state index is 2.47. The molecule has 1 nitrogen and oxygen atoms in total. The predicted molar refractivity (Wildman–Crippen MR) is 68.4 cm³/mol. The summed E-state index contributed by atoms with van der Waals surface area (Å²) in [5.74, 6) is 0.685. The van der Waals surface area contributed by atoms with Gasteiger partial charge in [-0.1, -0.05) is 32.0 Å². The SMILES string of the molecule is CC(C)CN(c1ccccc1)C(C)(C)C. The van der Waals surface area contributed by atoms with Crippen LogP contribution in [0.25, 0.3) is 0 Å². The Balaban J connectivity index is 2.92. The molecule has 0 bridgehead atoms. The number of nitrogens with zero attached hydrogens (tertiary/aromatic N) is 1. The maximum absolute atomic E-state index is 2.47. The van der Waals surface area contributed by atoms with Gasteiger partial charge in [0.05, 0.1) is 0 Å². The Labute approximate surface area is 94.1 Å². The van der Waals surface area contributed by atoms with Crippen LogP contribution in [0.2, 0.25) is 0 Å². The van der Waals surface area contributed by atoms with Gasteiger partial charge in [0.2, 0.25) is 0 Å². The van der Waals surface area contributed by atoms with Crippen LogP contribution in [0.4, 0.5) is 5.69 Å². The van der Waals surface area contributed by atoms with E-state index in [0.29, 0.717) is 5.92 Å². The molecule has 0 spiro atoms. The number of hydrogen-bond donors (Lipinski definition) is 0. The molecule has 0 unspecified atom stereocenters. The lowest BCUT2D eigenvalue weighted by Gasteiger charge is -2.39. The Hall–Kier alpha value is -0.980. The van der Waals surface area contributed by atoms with E-state index in [-0.39, 0.29) is 5.54 Å². The van der Waals surface area contributed by atoms with E-state index in [1.165, 1.54) is 5.69 Å². The van der Waals surface area contributed by atoms with Crippen LogP contribution in [0.1, 0.15) is 34.6 Å². The van der Waals surface area contributed by atoms with Crippen molar-refractivity contribution in [2.75, 3.05) is 11.4 Å². The van der Waals surface area contributed by atoms with Gasteiger partial charge in [0.1, 0.15) is 0 Å². The highest BCUT2D eigenvalue weighted by atomic mass is 15.2. The third-order valence-electron chi connectivity index (χ3n) is 2.43. The summed E-state index contributed by atoms with van der Waals surface area (Å²) in [6, 6.07) is 10.7. The Morgan fingerprint density at radius 3 is 2.00 bits per heavy atom. The van der Waals surface area contributed by atoms with Crippen molar-refractivity contribution in [3.63, 3.8) is 0 Å². The average Bonchev–Trinajstić information content (AvgIpc) is 2.14. The molecule has 0 aromatic heterocycles. The summed E-state index contributed by atoms with van der Waals surface area (Å²) in [6.45, 7) is 12.4. The fourth-order valence-corrected chi connectivity index (χ4v) is 1.74. The third-order valence-corrected chi connectivity index (χ3v) is 2.43. The monoisotopic (exact) mass is 205 g/mol. The van der Waals surface area contributed by atoms with E-state index in [9.17, 15) is 0 Å². The fraction of sp³-hybridized carbons (Fsp3) is 0.571. The lowest BCUT2D eigenvalue weighted by molar-refractivity contribution is 0.464. The quantitative estimate of drug-likeness (QED) is 0.722. The molecule has 0 amide bonds. The van der Waals surface area contributed by atoms with Crippen molar-refractivity contribution in [1.29, 1.82) is 0 Å². The zero-order valence-electron chi connectivity index (χ0n) is 10.6. The number of benzene rings is 1. The van der Waals surface area contributed by atoms with Crippen LogP contribution < -0.4 is 4.90 Å². The molecule has 0 atom stereocenters. The van der Waals surface area contributed by atoms with E-state index in [2.05, 4.69) is 69.9 Å². The zero-order valence-corrected chi connectivity index (χ0v) is 10.6. The first-order chi connectivity index (χ1) is 6.91. The van der Waals surface area contributed by atoms with Gasteiger partial charge >= 0.3 is 0 Å². The van der Waals surface area contributed by atoms with Crippen LogP contribution >= 0.6 is 0 Å². The van der Waals surface area contributed by atoms with Gasteiger partial charge in [0.15, 0.2) is 0 Å². The number of para-hydroxylation sites is 1. The zero-order chi connectivity index (χ0) is 11.5. The molecule has 0 radical (unpaired) electrons. The molecule has 0 saturated carbocycles. The molecular formula is C14H23N. The second kappa shape index (κ2) is 4.69. The molecule has 1 rings (SSSR count). The molecular weight excluding hydrogens is 182 g/mol. The topological polar surface area (TPSA) is 3.24 Å². The molecule has 0 saturated heterocycles. The Kier molecular flexibility index (Phi) is 3.78. The van der Waals surface area contributed by atoms with Gasteiger partial charge in [-0.05, 0) is 38.8 Å². The standard InChI is InChI=1S/C14H23N/c1-12(2)11-15(14(3,4)5)13-9-7-6-8-10-13/h6-10,12H,11H2,1-5H3. The number of anilines is 1. The first-order valence-corrected chi connectivity index (χ1v) is 5.74. The minimum absolute atomic E-state index is 0.186. The summed E-state index contributed by atoms with van der Waals surface area (Å²) in [7, 11) is 0. The summed E-state index contributed by atoms with van der Waals surface area (Å²) in [6.07, 6.45) is 0. The summed E-state index contributed by atoms with van der Waals surface area (Å²) in [4.78, 5) is 2.47. The van der Waals surface area contributed by atoms with Crippen LogP contribution in [-0.2, 0) is 0 Å². The van der Waals surface area contributed by atoms with Crippen LogP contribution in [-0.4, -0.2) is 12.1 Å². The molecule has 0 fully saturated rings. The molecule has 1 aromatic carbocycles. The van der Waals surface area contributed by atoms with E-state index >= 15 is 0 Å². The van der Waals surface area contributed by atoms with Crippen LogP contribution in [0.5, 0.6) is 0 Å². The van der Waals surface area contributed by atoms with Crippen molar-refractivity contribution in [1.82, 2.24) is 0 Å². The molecule has 84 valence electrons. The molecule has 15 heavy (non-hydrogen) atoms. The minimum atomic E-state index is 0.186. The van der Waals surface area contributed by atoms with Crippen molar-refractivity contribution in [2.45, 2.75) is 40.2 Å². The van der Waals surface area contributed by atoms with E-state index in [1.807, 2.05) is 0 Å². The van der Waals surface area contributed by atoms with E-state index < -0.39 is 0 Å². The van der Waals surface area contributed by atoms with Crippen molar-refractivity contribution < 1.29 is 0 Å². The summed E-state index contributed by atoms with van der Waals surface area (Å²) in [5.41, 5.74) is 1.50. The van der Waals surface area contributed by atoms with Gasteiger partial charge in [-0.2, -0.15) is 0 Å². The van der Waals surface area contributed by atoms with Crippen LogP contribution in [0.3, 0.4) is 0 Å². The third kappa shape index (κ3) is 3.58. The van der Waals surface area contributed by atoms with Crippen molar-refractivity contribution in [2.24, 2.45) is 5.92 Å². The molecule has 0 N–H and O–H groups in total. The lowest BCUT2D eigenvalue weighted by Crippen LogP contribution is -2.43. The van der Waals surface area contributed by atoms with Gasteiger partial charge in [-0.3, -0.25) is 0 Å². The largest absolute Gasteiger partial charge is 0.366 e. The van der Waals surface area contributed by atoms with Gasteiger partial charge < -0.3 is 4.90 Å². The second-order valence-corrected chi connectivity index (χ2v) is 5.51. The molecule has 1 heteroatoms. The highest BCUT2D eigenvalue weighted by Gasteiger charge is 2.21. The maximum Gasteiger partial charge on any atom is 0.0370 e. The Bertz CT molecular complexity index is 282. The van der Waals surface area contributed by atoms with E-state index in [4.69, 9.17) is 0 Å². The molecule has 1 aromatic rings. The smallest absolute Gasteiger partial charge is 0.0370 e. The predicted octanol–water partition coefficient (Wildman–Crippen LogP) is 3.95. The average molecular weight is 205 g/mol. The highest BCUT2D eigenvalue weighted by molar-refractivity contribution is 5.48. The normalized spacial score (nSPS) is 11.9. The number of rotatable bonds is 3. The van der Waals surface area contributed by atoms with Crippen molar-refractivity contribution in [3.8, 4) is 0 Å². The van der Waals surface area contributed by atoms with Gasteiger partial charge in [0.25, 0.3) is 0 Å². The molecule has 0 aliphatic heterocycles. The fourth-order valence-electron chi connectivity index (χ4n) is 1.74. The first kappa shape index (κ1) is 12.1. The Morgan fingerprint density at radius 1 is 1.07 bits per heavy atom. The summed E-state index contributed by atoms with van der Waals surface area (Å²) in [5, 5.41) is 0. The minimum Gasteiger partial charge on any atom is -0.366 e. The summed E-state index contributed by atoms with van der Waals surface area (Å²) < 4.78 is 0. The van der Waals surface area contributed by atoms with Gasteiger partial charge in [-0.15, -0.1) is 0 Å². The first-order valence-electron chi connectivity index (χ1n) is 5.74. The van der Waals surface area contributed by atoms with E-state index in [0.717, 1.165) is 6.54 Å². The van der Waals surface area contributed by atoms with Crippen molar-refractivity contribution >= 4 is 5.69 Å². The van der Waals surface area contributed by atoms with Gasteiger partial charge in [0, 0.05) is 17.8 Å². The van der Waals surface area contributed by atoms with E-state index in [1.54, 1.807) is 0 Å². The lowest BCUT2D eigenvalue weighted by atomic mass is 10.0. The van der Waals surface area contributed by atoms with Gasteiger partial charge in [-0.25, -0.2) is 0 Å². The molecule has 0 heterocycles. The molecule has 0 aliphatic carbocycles. The second-order valence-electron chi connectivity index (χ2n) is 5.51. The highest BCUT2D eigenvalue weighted by Crippen LogP contribution is 2.24. The summed E-state index contributed by atoms with van der Waals surface area (Å²) >= 11 is 0. The van der Waals surface area contributed by atoms with Crippen molar-refractivity contribution in [3.05, 3.63) is 30.3 Å². The van der Waals surface area contributed by atoms with Crippen LogP contribution in [0, 0.1) is 5.92 Å².